The van der Waals surface area contributed by atoms with Crippen molar-refractivity contribution in [3.63, 3.8) is 0 Å². The molecule has 1 aromatic carbocycles. The number of hydrogen-bond acceptors (Lipinski definition) is 5. The molecule has 9 heteroatoms. The van der Waals surface area contributed by atoms with Gasteiger partial charge < -0.3 is 0 Å². The van der Waals surface area contributed by atoms with Gasteiger partial charge in [0, 0.05) is 0 Å². The summed E-state index contributed by atoms with van der Waals surface area (Å²) < 4.78 is 33.9. The van der Waals surface area contributed by atoms with Crippen molar-refractivity contribution >= 4 is 47.7 Å². The number of carboxylic acids is 1. The second kappa shape index (κ2) is 5.05. The summed E-state index contributed by atoms with van der Waals surface area (Å²) in [5.41, 5.74) is 1.53. The summed E-state index contributed by atoms with van der Waals surface area (Å²) in [7, 11) is -3.68. The first kappa shape index (κ1) is 13.0. The van der Waals surface area contributed by atoms with Crippen LogP contribution < -0.4 is 4.72 Å². The molecular formula is C9H9N3O4SSe. The van der Waals surface area contributed by atoms with Crippen LogP contribution in [0.2, 0.25) is 0 Å². The first-order chi connectivity index (χ1) is 8.48. The van der Waals surface area contributed by atoms with Crippen molar-refractivity contribution < 1.29 is 18.3 Å². The number of rotatable bonds is 5. The Morgan fingerprint density at radius 1 is 1.39 bits per heavy atom. The molecule has 0 spiro atoms. The van der Waals surface area contributed by atoms with Crippen LogP contribution in [0.4, 0.5) is 5.69 Å². The molecule has 2 N–H and O–H groups in total. The number of fused-ring (bicyclic) bond motifs is 1. The predicted octanol–water partition coefficient (Wildman–Crippen LogP) is -0.0968. The summed E-state index contributed by atoms with van der Waals surface area (Å²) in [6, 6.07) is 5.01. The summed E-state index contributed by atoms with van der Waals surface area (Å²) in [5, 5.41) is 8.47. The molecule has 0 saturated carbocycles. The van der Waals surface area contributed by atoms with E-state index in [4.69, 9.17) is 5.11 Å². The average Bonchev–Trinajstić information content (AvgIpc) is 2.75. The first-order valence-corrected chi connectivity index (χ1v) is 8.10. The van der Waals surface area contributed by atoms with Gasteiger partial charge in [-0.3, -0.25) is 0 Å². The molecule has 1 heterocycles. The Balaban J connectivity index is 2.23. The van der Waals surface area contributed by atoms with Gasteiger partial charge in [0.2, 0.25) is 0 Å². The Kier molecular flexibility index (Phi) is 3.65. The molecule has 7 nitrogen and oxygen atoms in total. The van der Waals surface area contributed by atoms with E-state index < -0.39 is 28.2 Å². The standard InChI is InChI=1S/C9H9N3O4SSe/c13-8(14)4-5-17(15,16)10-6-2-1-3-7-9(6)12-18-11-7/h1-3,10H,4-5H2,(H,13,14). The van der Waals surface area contributed by atoms with E-state index in [-0.39, 0.29) is 15.0 Å². The quantitative estimate of drug-likeness (QED) is 0.739. The number of benzene rings is 1. The molecule has 1 aromatic heterocycles. The number of nitrogens with one attached hydrogen (secondary N) is 1. The summed E-state index contributed by atoms with van der Waals surface area (Å²) in [5.74, 6) is -1.62. The van der Waals surface area contributed by atoms with E-state index >= 15 is 0 Å². The van der Waals surface area contributed by atoms with Crippen LogP contribution in [0.25, 0.3) is 11.0 Å². The molecule has 0 aliphatic carbocycles. The van der Waals surface area contributed by atoms with Crippen LogP contribution in [-0.4, -0.2) is 48.2 Å². The van der Waals surface area contributed by atoms with Crippen molar-refractivity contribution in [3.8, 4) is 0 Å². The molecule has 0 unspecified atom stereocenters. The summed E-state index contributed by atoms with van der Waals surface area (Å²) in [6.07, 6.45) is -0.435. The Morgan fingerprint density at radius 3 is 2.89 bits per heavy atom. The Morgan fingerprint density at radius 2 is 2.17 bits per heavy atom. The van der Waals surface area contributed by atoms with Gasteiger partial charge in [0.05, 0.1) is 0 Å². The molecule has 2 aromatic rings. The number of carbonyl (C=O) groups is 1. The zero-order valence-electron chi connectivity index (χ0n) is 9.03. The predicted molar refractivity (Wildman–Crippen MR) is 66.1 cm³/mol. The first-order valence-electron chi connectivity index (χ1n) is 4.91. The molecule has 0 amide bonds. The van der Waals surface area contributed by atoms with Crippen LogP contribution in [0.15, 0.2) is 18.2 Å². The van der Waals surface area contributed by atoms with Crippen LogP contribution in [0.5, 0.6) is 0 Å². The van der Waals surface area contributed by atoms with E-state index in [1.165, 1.54) is 0 Å². The second-order valence-electron chi connectivity index (χ2n) is 3.50. The van der Waals surface area contributed by atoms with Gasteiger partial charge in [-0.1, -0.05) is 0 Å². The molecule has 0 fully saturated rings. The fourth-order valence-corrected chi connectivity index (χ4v) is 3.53. The van der Waals surface area contributed by atoms with Crippen LogP contribution in [0.3, 0.4) is 0 Å². The minimum absolute atomic E-state index is 0.245. The van der Waals surface area contributed by atoms with Crippen molar-refractivity contribution in [2.24, 2.45) is 0 Å². The van der Waals surface area contributed by atoms with Gasteiger partial charge in [-0.25, -0.2) is 0 Å². The molecule has 0 aliphatic rings. The van der Waals surface area contributed by atoms with Crippen molar-refractivity contribution in [1.82, 2.24) is 7.96 Å². The SMILES string of the molecule is O=C(O)CCS(=O)(=O)Nc1cccc2n[se]nc12. The Bertz CT molecular complexity index is 682. The molecule has 96 valence electrons. The van der Waals surface area contributed by atoms with Gasteiger partial charge in [0.15, 0.2) is 0 Å². The molecule has 0 saturated heterocycles. The third kappa shape index (κ3) is 3.06. The zero-order chi connectivity index (χ0) is 13.2. The summed E-state index contributed by atoms with van der Waals surface area (Å²) in [4.78, 5) is 10.4. The van der Waals surface area contributed by atoms with Crippen LogP contribution in [0, 0.1) is 0 Å². The number of hydrogen-bond donors (Lipinski definition) is 2. The topological polar surface area (TPSA) is 109 Å². The van der Waals surface area contributed by atoms with E-state index in [1.54, 1.807) is 18.2 Å². The molecule has 2 rings (SSSR count). The molecule has 0 bridgehead atoms. The van der Waals surface area contributed by atoms with Crippen LogP contribution in [0.1, 0.15) is 6.42 Å². The van der Waals surface area contributed by atoms with Gasteiger partial charge in [-0.2, -0.15) is 0 Å². The number of aliphatic carboxylic acids is 1. The Hall–Kier alpha value is -1.44. The van der Waals surface area contributed by atoms with Crippen molar-refractivity contribution in [2.75, 3.05) is 10.5 Å². The summed E-state index contributed by atoms with van der Waals surface area (Å²) >= 11 is -0.245. The maximum atomic E-state index is 11.7. The van der Waals surface area contributed by atoms with E-state index in [0.717, 1.165) is 0 Å². The number of aromatic nitrogens is 2. The third-order valence-corrected chi connectivity index (χ3v) is 4.55. The van der Waals surface area contributed by atoms with E-state index in [9.17, 15) is 13.2 Å². The fourth-order valence-electron chi connectivity index (χ4n) is 1.33. The number of sulfonamides is 1. The molecule has 18 heavy (non-hydrogen) atoms. The molecule has 0 radical (unpaired) electrons. The summed E-state index contributed by atoms with van der Waals surface area (Å²) in [6.45, 7) is 0. The monoisotopic (exact) mass is 335 g/mol. The van der Waals surface area contributed by atoms with Crippen LogP contribution in [-0.2, 0) is 14.8 Å². The number of nitrogens with zero attached hydrogens (tertiary/aromatic N) is 2. The van der Waals surface area contributed by atoms with Gasteiger partial charge in [-0.15, -0.1) is 0 Å². The van der Waals surface area contributed by atoms with Crippen molar-refractivity contribution in [3.05, 3.63) is 18.2 Å². The van der Waals surface area contributed by atoms with Gasteiger partial charge in [-0.05, 0) is 0 Å². The molecular weight excluding hydrogens is 325 g/mol. The number of carboxylic acid groups (broad SMARTS) is 1. The molecule has 0 aliphatic heterocycles. The van der Waals surface area contributed by atoms with Gasteiger partial charge in [0.1, 0.15) is 0 Å². The second-order valence-corrected chi connectivity index (χ2v) is 6.45. The number of anilines is 1. The van der Waals surface area contributed by atoms with Crippen molar-refractivity contribution in [1.29, 1.82) is 0 Å². The fraction of sp³-hybridized carbons (Fsp3) is 0.222. The maximum absolute atomic E-state index is 11.7. The van der Waals surface area contributed by atoms with Gasteiger partial charge in [0.25, 0.3) is 0 Å². The van der Waals surface area contributed by atoms with Gasteiger partial charge >= 0.3 is 109 Å². The van der Waals surface area contributed by atoms with Crippen molar-refractivity contribution in [2.45, 2.75) is 6.42 Å². The normalized spacial score (nSPS) is 11.6. The molecule has 0 atom stereocenters. The van der Waals surface area contributed by atoms with E-state index in [1.807, 2.05) is 0 Å². The van der Waals surface area contributed by atoms with Crippen LogP contribution >= 0.6 is 0 Å². The van der Waals surface area contributed by atoms with E-state index in [0.29, 0.717) is 16.7 Å². The zero-order valence-corrected chi connectivity index (χ0v) is 11.6. The average molecular weight is 334 g/mol. The Labute approximate surface area is 109 Å². The van der Waals surface area contributed by atoms with E-state index in [2.05, 4.69) is 12.7 Å². The minimum atomic E-state index is -3.68. The third-order valence-electron chi connectivity index (χ3n) is 2.14.